The van der Waals surface area contributed by atoms with Gasteiger partial charge in [0.2, 0.25) is 11.8 Å². The van der Waals surface area contributed by atoms with E-state index in [1.807, 2.05) is 13.8 Å². The molecule has 3 aromatic rings. The highest BCUT2D eigenvalue weighted by Gasteiger charge is 2.52. The molecule has 2 amide bonds. The summed E-state index contributed by atoms with van der Waals surface area (Å²) in [5.74, 6) is 0.893. The maximum atomic E-state index is 13.9. The number of methoxy groups -OCH3 is 1. The Morgan fingerprint density at radius 2 is 1.58 bits per heavy atom. The van der Waals surface area contributed by atoms with Gasteiger partial charge in [-0.3, -0.25) is 14.5 Å². The van der Waals surface area contributed by atoms with Crippen molar-refractivity contribution in [1.29, 1.82) is 0 Å². The van der Waals surface area contributed by atoms with Crippen molar-refractivity contribution in [2.45, 2.75) is 77.0 Å². The summed E-state index contributed by atoms with van der Waals surface area (Å²) in [7, 11) is 1.72. The zero-order valence-corrected chi connectivity index (χ0v) is 27.4. The Labute approximate surface area is 268 Å². The van der Waals surface area contributed by atoms with Crippen LogP contribution in [0.3, 0.4) is 0 Å². The molecule has 6 atom stereocenters. The van der Waals surface area contributed by atoms with Gasteiger partial charge >= 0.3 is 0 Å². The van der Waals surface area contributed by atoms with Crippen LogP contribution < -0.4 is 21.1 Å². The molecule has 3 aromatic carbocycles. The number of hydrogen-bond acceptors (Lipinski definition) is 5. The zero-order valence-electron chi connectivity index (χ0n) is 27.4. The Balaban J connectivity index is 1.52. The molecule has 4 N–H and O–H groups in total. The molecule has 45 heavy (non-hydrogen) atoms. The molecule has 6 unspecified atom stereocenters. The van der Waals surface area contributed by atoms with Crippen LogP contribution in [0.2, 0.25) is 0 Å². The Bertz CT molecular complexity index is 1390. The second-order valence-electron chi connectivity index (χ2n) is 13.6. The van der Waals surface area contributed by atoms with Crippen LogP contribution in [-0.2, 0) is 16.1 Å². The van der Waals surface area contributed by atoms with Gasteiger partial charge in [0.25, 0.3) is 0 Å². The van der Waals surface area contributed by atoms with E-state index in [9.17, 15) is 9.59 Å². The second-order valence-corrected chi connectivity index (χ2v) is 13.6. The first-order valence-electron chi connectivity index (χ1n) is 16.5. The van der Waals surface area contributed by atoms with Gasteiger partial charge in [-0.2, -0.15) is 0 Å². The van der Waals surface area contributed by atoms with E-state index in [4.69, 9.17) is 10.5 Å². The number of benzene rings is 3. The van der Waals surface area contributed by atoms with Crippen molar-refractivity contribution in [3.05, 3.63) is 101 Å². The van der Waals surface area contributed by atoms with Crippen LogP contribution in [0.25, 0.3) is 0 Å². The topological polar surface area (TPSA) is 96.7 Å². The molecule has 0 aromatic heterocycles. The van der Waals surface area contributed by atoms with Gasteiger partial charge < -0.3 is 21.1 Å². The highest BCUT2D eigenvalue weighted by Crippen LogP contribution is 2.44. The molecule has 7 heteroatoms. The van der Waals surface area contributed by atoms with E-state index in [1.165, 1.54) is 16.7 Å². The number of amides is 2. The van der Waals surface area contributed by atoms with E-state index in [0.29, 0.717) is 25.4 Å². The number of carbonyl (C=O) groups is 2. The van der Waals surface area contributed by atoms with Crippen molar-refractivity contribution in [1.82, 2.24) is 15.5 Å². The van der Waals surface area contributed by atoms with E-state index in [1.54, 1.807) is 7.11 Å². The molecule has 7 nitrogen and oxygen atoms in total. The molecule has 6 rings (SSSR count). The lowest BCUT2D eigenvalue weighted by atomic mass is 9.66. The lowest BCUT2D eigenvalue weighted by molar-refractivity contribution is -0.138. The third-order valence-corrected chi connectivity index (χ3v) is 9.81. The largest absolute Gasteiger partial charge is 0.496 e. The van der Waals surface area contributed by atoms with Gasteiger partial charge in [0, 0.05) is 36.7 Å². The number of ether oxygens (including phenoxy) is 1. The molecule has 3 aliphatic rings. The first-order chi connectivity index (χ1) is 21.7. The monoisotopic (exact) mass is 610 g/mol. The fraction of sp³-hybridized carbons (Fsp3) is 0.474. The molecule has 240 valence electrons. The summed E-state index contributed by atoms with van der Waals surface area (Å²) in [6.45, 7) is 10.7. The number of nitrogens with zero attached hydrogens (tertiary/aromatic N) is 1. The molecule has 3 heterocycles. The molecule has 0 saturated carbocycles. The number of rotatable bonds is 13. The van der Waals surface area contributed by atoms with Crippen molar-refractivity contribution in [3.63, 3.8) is 0 Å². The summed E-state index contributed by atoms with van der Waals surface area (Å²) >= 11 is 0. The van der Waals surface area contributed by atoms with E-state index < -0.39 is 11.9 Å². The minimum atomic E-state index is -0.667. The highest BCUT2D eigenvalue weighted by atomic mass is 16.5. The Morgan fingerprint density at radius 1 is 0.933 bits per heavy atom. The van der Waals surface area contributed by atoms with Crippen LogP contribution in [0.15, 0.2) is 78.9 Å². The molecule has 0 spiro atoms. The van der Waals surface area contributed by atoms with Crippen molar-refractivity contribution < 1.29 is 14.3 Å². The Morgan fingerprint density at radius 3 is 2.13 bits per heavy atom. The molecule has 3 aliphatic heterocycles. The molecule has 2 bridgehead atoms. The maximum Gasteiger partial charge on any atom is 0.240 e. The third-order valence-electron chi connectivity index (χ3n) is 9.81. The van der Waals surface area contributed by atoms with Crippen LogP contribution in [0.5, 0.6) is 5.75 Å². The summed E-state index contributed by atoms with van der Waals surface area (Å²) < 4.78 is 5.79. The normalized spacial score (nSPS) is 23.3. The fourth-order valence-electron chi connectivity index (χ4n) is 7.57. The lowest BCUT2D eigenvalue weighted by Gasteiger charge is -2.57. The van der Waals surface area contributed by atoms with Gasteiger partial charge in [-0.05, 0) is 59.9 Å². The van der Waals surface area contributed by atoms with Crippen LogP contribution in [0.4, 0.5) is 0 Å². The molecule has 3 saturated heterocycles. The van der Waals surface area contributed by atoms with E-state index >= 15 is 0 Å². The average molecular weight is 611 g/mol. The summed E-state index contributed by atoms with van der Waals surface area (Å²) in [5.41, 5.74) is 10.6. The number of fused-ring (bicyclic) bond motifs is 3. The van der Waals surface area contributed by atoms with Crippen molar-refractivity contribution in [2.24, 2.45) is 23.5 Å². The van der Waals surface area contributed by atoms with Gasteiger partial charge in [-0.1, -0.05) is 100 Å². The van der Waals surface area contributed by atoms with Crippen molar-refractivity contribution in [3.8, 4) is 5.75 Å². The molecular weight excluding hydrogens is 560 g/mol. The Kier molecular flexibility index (Phi) is 10.6. The van der Waals surface area contributed by atoms with Gasteiger partial charge in [-0.25, -0.2) is 0 Å². The smallest absolute Gasteiger partial charge is 0.240 e. The van der Waals surface area contributed by atoms with Gasteiger partial charge in [-0.15, -0.1) is 0 Å². The van der Waals surface area contributed by atoms with E-state index in [0.717, 1.165) is 24.3 Å². The fourth-order valence-corrected chi connectivity index (χ4v) is 7.57. The highest BCUT2D eigenvalue weighted by molar-refractivity contribution is 5.88. The second kappa shape index (κ2) is 14.6. The predicted molar refractivity (Wildman–Crippen MR) is 180 cm³/mol. The minimum absolute atomic E-state index is 0.0122. The first kappa shape index (κ1) is 32.7. The molecular formula is C38H50N4O3. The SMILES string of the molecule is COc1ccc(C(C)C)cc1CNC1C2CCN(CC2C(=O)NC(CC(C)C)C(N)=O)C1C(c1ccccc1)c1ccccc1. The number of nitrogens with two attached hydrogens (primary N) is 1. The lowest BCUT2D eigenvalue weighted by Crippen LogP contribution is -2.69. The summed E-state index contributed by atoms with van der Waals surface area (Å²) in [5, 5.41) is 7.03. The van der Waals surface area contributed by atoms with Crippen molar-refractivity contribution in [2.75, 3.05) is 20.2 Å². The van der Waals surface area contributed by atoms with Crippen LogP contribution in [-0.4, -0.2) is 55.0 Å². The Hall–Kier alpha value is -3.68. The van der Waals surface area contributed by atoms with Crippen LogP contribution in [0, 0.1) is 17.8 Å². The quantitative estimate of drug-likeness (QED) is 0.239. The maximum absolute atomic E-state index is 13.9. The number of hydrogen-bond donors (Lipinski definition) is 3. The summed E-state index contributed by atoms with van der Waals surface area (Å²) in [6, 6.07) is 27.4. The molecule has 3 fully saturated rings. The third kappa shape index (κ3) is 7.42. The number of primary amides is 1. The minimum Gasteiger partial charge on any atom is -0.496 e. The number of nitrogens with one attached hydrogen (secondary N) is 2. The summed E-state index contributed by atoms with van der Waals surface area (Å²) in [4.78, 5) is 28.8. The van der Waals surface area contributed by atoms with Crippen LogP contribution in [0.1, 0.15) is 74.6 Å². The zero-order chi connectivity index (χ0) is 32.1. The number of piperidine rings is 3. The molecule has 0 radical (unpaired) electrons. The van der Waals surface area contributed by atoms with Crippen molar-refractivity contribution >= 4 is 11.8 Å². The van der Waals surface area contributed by atoms with E-state index in [-0.39, 0.29) is 41.7 Å². The number of carbonyl (C=O) groups excluding carboxylic acids is 2. The van der Waals surface area contributed by atoms with Crippen LogP contribution >= 0.6 is 0 Å². The van der Waals surface area contributed by atoms with Gasteiger partial charge in [0.05, 0.1) is 13.0 Å². The predicted octanol–water partition coefficient (Wildman–Crippen LogP) is 5.45. The van der Waals surface area contributed by atoms with E-state index in [2.05, 4.69) is 108 Å². The average Bonchev–Trinajstić information content (AvgIpc) is 3.04. The first-order valence-corrected chi connectivity index (χ1v) is 16.5. The molecule has 0 aliphatic carbocycles. The standard InChI is InChI=1S/C38H50N4O3/c1-24(2)20-32(37(39)43)41-38(44)31-23-42-19-18-30(31)35(40-22-29-21-28(25(3)4)16-17-33(29)45-5)36(42)34(26-12-8-6-9-13-26)27-14-10-7-11-15-27/h6-17,21,24-25,30-32,34-36,40H,18-20,22-23H2,1-5H3,(H2,39,43)(H,41,44). The van der Waals surface area contributed by atoms with Gasteiger partial charge in [0.1, 0.15) is 11.8 Å². The summed E-state index contributed by atoms with van der Waals surface area (Å²) in [6.07, 6.45) is 1.43. The van der Waals surface area contributed by atoms with Gasteiger partial charge in [0.15, 0.2) is 0 Å².